The Morgan fingerprint density at radius 1 is 1.03 bits per heavy atom. The molecular formula is C28H35ClN4O3S. The molecule has 2 aliphatic carbocycles. The van der Waals surface area contributed by atoms with Gasteiger partial charge in [0.15, 0.2) is 0 Å². The van der Waals surface area contributed by atoms with E-state index in [-0.39, 0.29) is 9.92 Å². The molecule has 0 aliphatic heterocycles. The van der Waals surface area contributed by atoms with E-state index >= 15 is 0 Å². The quantitative estimate of drug-likeness (QED) is 0.311. The first-order chi connectivity index (χ1) is 17.9. The average Bonchev–Trinajstić information content (AvgIpc) is 3.41. The number of rotatable bonds is 9. The van der Waals surface area contributed by atoms with Gasteiger partial charge in [-0.15, -0.1) is 0 Å². The number of phenols is 1. The fourth-order valence-corrected chi connectivity index (χ4v) is 7.59. The van der Waals surface area contributed by atoms with Gasteiger partial charge in [0, 0.05) is 30.4 Å². The van der Waals surface area contributed by atoms with E-state index in [4.69, 9.17) is 11.6 Å². The lowest BCUT2D eigenvalue weighted by atomic mass is 9.76. The highest BCUT2D eigenvalue weighted by atomic mass is 35.5. The molecule has 0 radical (unpaired) electrons. The summed E-state index contributed by atoms with van der Waals surface area (Å²) in [6.07, 6.45) is 10.7. The van der Waals surface area contributed by atoms with Gasteiger partial charge in [0.1, 0.15) is 10.6 Å². The van der Waals surface area contributed by atoms with Crippen molar-refractivity contribution >= 4 is 21.6 Å². The van der Waals surface area contributed by atoms with Crippen LogP contribution in [0, 0.1) is 11.8 Å². The number of hydrogen-bond acceptors (Lipinski definition) is 5. The van der Waals surface area contributed by atoms with Gasteiger partial charge in [-0.05, 0) is 98.7 Å². The molecule has 7 nitrogen and oxygen atoms in total. The third-order valence-corrected chi connectivity index (χ3v) is 9.98. The highest BCUT2D eigenvalue weighted by molar-refractivity contribution is 7.89. The van der Waals surface area contributed by atoms with Crippen LogP contribution >= 0.6 is 11.6 Å². The van der Waals surface area contributed by atoms with Crippen LogP contribution in [0.1, 0.15) is 54.8 Å². The zero-order chi connectivity index (χ0) is 25.8. The third kappa shape index (κ3) is 6.37. The van der Waals surface area contributed by atoms with Crippen molar-refractivity contribution in [3.05, 3.63) is 76.8 Å². The Bertz CT molecular complexity index is 1290. The summed E-state index contributed by atoms with van der Waals surface area (Å²) < 4.78 is 28.1. The molecule has 2 aliphatic rings. The number of sulfonamides is 1. The van der Waals surface area contributed by atoms with Crippen LogP contribution in [0.15, 0.2) is 59.9 Å². The van der Waals surface area contributed by atoms with E-state index in [1.54, 1.807) is 36.7 Å². The van der Waals surface area contributed by atoms with Gasteiger partial charge in [0.2, 0.25) is 10.0 Å². The molecule has 1 fully saturated rings. The highest BCUT2D eigenvalue weighted by Crippen LogP contribution is 2.36. The number of benzene rings is 2. The van der Waals surface area contributed by atoms with Gasteiger partial charge in [-0.3, -0.25) is 0 Å². The van der Waals surface area contributed by atoms with Crippen molar-refractivity contribution in [2.75, 3.05) is 13.1 Å². The van der Waals surface area contributed by atoms with Crippen LogP contribution < -0.4 is 10.0 Å². The first-order valence-corrected chi connectivity index (χ1v) is 15.0. The second-order valence-corrected chi connectivity index (χ2v) is 12.6. The van der Waals surface area contributed by atoms with E-state index in [1.165, 1.54) is 11.1 Å². The van der Waals surface area contributed by atoms with E-state index in [9.17, 15) is 13.5 Å². The topological polar surface area (TPSA) is 107 Å². The van der Waals surface area contributed by atoms with E-state index in [0.717, 1.165) is 57.2 Å². The van der Waals surface area contributed by atoms with Crippen LogP contribution in [0.3, 0.4) is 0 Å². The van der Waals surface area contributed by atoms with E-state index in [0.29, 0.717) is 36.1 Å². The summed E-state index contributed by atoms with van der Waals surface area (Å²) in [6.45, 7) is 1.42. The van der Waals surface area contributed by atoms with Crippen molar-refractivity contribution in [2.24, 2.45) is 11.8 Å². The Morgan fingerprint density at radius 2 is 1.78 bits per heavy atom. The van der Waals surface area contributed by atoms with E-state index in [1.807, 2.05) is 12.3 Å². The number of nitrogens with one attached hydrogen (secondary N) is 3. The molecule has 0 spiro atoms. The predicted octanol–water partition coefficient (Wildman–Crippen LogP) is 4.78. The van der Waals surface area contributed by atoms with Crippen LogP contribution in [0.2, 0.25) is 5.02 Å². The molecule has 0 amide bonds. The molecule has 1 heterocycles. The minimum absolute atomic E-state index is 0.142. The molecule has 2 aromatic carbocycles. The molecule has 1 aromatic heterocycles. The smallest absolute Gasteiger partial charge is 0.242 e. The van der Waals surface area contributed by atoms with E-state index in [2.05, 4.69) is 26.1 Å². The highest BCUT2D eigenvalue weighted by Gasteiger charge is 2.31. The fraction of sp³-hybridized carbons (Fsp3) is 0.464. The Hall–Kier alpha value is -2.39. The molecular weight excluding hydrogens is 508 g/mol. The molecule has 37 heavy (non-hydrogen) atoms. The van der Waals surface area contributed by atoms with Gasteiger partial charge in [0.05, 0.1) is 11.3 Å². The van der Waals surface area contributed by atoms with Crippen molar-refractivity contribution in [3.63, 3.8) is 0 Å². The number of aryl methyl sites for hydroxylation is 1. The number of aromatic amines is 1. The normalized spacial score (nSPS) is 24.0. The molecule has 0 bridgehead atoms. The second kappa shape index (κ2) is 11.6. The van der Waals surface area contributed by atoms with Gasteiger partial charge in [0.25, 0.3) is 0 Å². The standard InChI is InChI=1S/C28H35ClN4O3S/c29-26-3-1-2-4-28(26)37(35,36)33-16-20-7-5-19(6-8-20)15-31-27-12-9-21-13-23(34)10-11-24(21)25(27)14-22-17-30-18-32-22/h1-4,10-11,13,17-20,25,27,31,33-34H,5-9,12,14-16H2,(H,30,32). The zero-order valence-corrected chi connectivity index (χ0v) is 22.4. The maximum atomic E-state index is 12.7. The molecule has 2 unspecified atom stereocenters. The van der Waals surface area contributed by atoms with Gasteiger partial charge in [-0.2, -0.15) is 0 Å². The third-order valence-electron chi connectivity index (χ3n) is 8.05. The van der Waals surface area contributed by atoms with Gasteiger partial charge in [-0.1, -0.05) is 29.8 Å². The summed E-state index contributed by atoms with van der Waals surface area (Å²) in [5.74, 6) is 1.58. The van der Waals surface area contributed by atoms with Crippen LogP contribution in [0.25, 0.3) is 0 Å². The maximum absolute atomic E-state index is 12.7. The Morgan fingerprint density at radius 3 is 2.51 bits per heavy atom. The maximum Gasteiger partial charge on any atom is 0.242 e. The van der Waals surface area contributed by atoms with Crippen molar-refractivity contribution in [1.29, 1.82) is 0 Å². The van der Waals surface area contributed by atoms with Crippen LogP contribution in [-0.2, 0) is 22.9 Å². The number of imidazole rings is 1. The van der Waals surface area contributed by atoms with Gasteiger partial charge < -0.3 is 15.4 Å². The lowest BCUT2D eigenvalue weighted by molar-refractivity contribution is 0.252. The van der Waals surface area contributed by atoms with Crippen LogP contribution in [0.4, 0.5) is 0 Å². The molecule has 1 saturated carbocycles. The molecule has 5 rings (SSSR count). The van der Waals surface area contributed by atoms with Gasteiger partial charge >= 0.3 is 0 Å². The number of aromatic nitrogens is 2. The Balaban J connectivity index is 1.14. The van der Waals surface area contributed by atoms with Crippen LogP contribution in [-0.4, -0.2) is 42.6 Å². The van der Waals surface area contributed by atoms with Crippen LogP contribution in [0.5, 0.6) is 5.75 Å². The van der Waals surface area contributed by atoms with Crippen molar-refractivity contribution in [1.82, 2.24) is 20.0 Å². The average molecular weight is 543 g/mol. The summed E-state index contributed by atoms with van der Waals surface area (Å²) in [5, 5.41) is 14.1. The Kier molecular flexibility index (Phi) is 8.19. The summed E-state index contributed by atoms with van der Waals surface area (Å²) >= 11 is 6.09. The van der Waals surface area contributed by atoms with Crippen molar-refractivity contribution in [2.45, 2.75) is 61.8 Å². The SMILES string of the molecule is O=S(=O)(NCC1CCC(CNC2CCc3cc(O)ccc3C2Cc2cnc[nH]2)CC1)c1ccccc1Cl. The summed E-state index contributed by atoms with van der Waals surface area (Å²) in [4.78, 5) is 7.59. The monoisotopic (exact) mass is 542 g/mol. The molecule has 2 atom stereocenters. The number of fused-ring (bicyclic) bond motifs is 1. The second-order valence-electron chi connectivity index (χ2n) is 10.5. The lowest BCUT2D eigenvalue weighted by Gasteiger charge is -2.36. The zero-order valence-electron chi connectivity index (χ0n) is 20.9. The number of aromatic hydroxyl groups is 1. The van der Waals surface area contributed by atoms with E-state index < -0.39 is 10.0 Å². The first-order valence-electron chi connectivity index (χ1n) is 13.2. The lowest BCUT2D eigenvalue weighted by Crippen LogP contribution is -2.42. The number of halogens is 1. The first kappa shape index (κ1) is 26.2. The van der Waals surface area contributed by atoms with Crippen molar-refractivity contribution < 1.29 is 13.5 Å². The predicted molar refractivity (Wildman–Crippen MR) is 145 cm³/mol. The number of H-pyrrole nitrogens is 1. The van der Waals surface area contributed by atoms with Gasteiger partial charge in [-0.25, -0.2) is 18.1 Å². The molecule has 198 valence electrons. The summed E-state index contributed by atoms with van der Waals surface area (Å²) in [7, 11) is -3.60. The fourth-order valence-electron chi connectivity index (χ4n) is 5.95. The Labute approximate surface area is 224 Å². The minimum Gasteiger partial charge on any atom is -0.508 e. The number of hydrogen-bond donors (Lipinski definition) is 4. The number of phenolic OH excluding ortho intramolecular Hbond substituents is 1. The molecule has 4 N–H and O–H groups in total. The molecule has 3 aromatic rings. The minimum atomic E-state index is -3.60. The summed E-state index contributed by atoms with van der Waals surface area (Å²) in [5.41, 5.74) is 3.67. The summed E-state index contributed by atoms with van der Waals surface area (Å²) in [6, 6.07) is 12.7. The number of nitrogens with zero attached hydrogens (tertiary/aromatic N) is 1. The van der Waals surface area contributed by atoms with Crippen molar-refractivity contribution in [3.8, 4) is 5.75 Å². The molecule has 9 heteroatoms. The molecule has 0 saturated heterocycles. The largest absolute Gasteiger partial charge is 0.508 e.